The molecule has 1 aromatic carbocycles. The van der Waals surface area contributed by atoms with E-state index in [0.29, 0.717) is 22.8 Å². The number of rotatable bonds is 4. The number of amides is 1. The Morgan fingerprint density at radius 2 is 1.96 bits per heavy atom. The normalized spacial score (nSPS) is 19.3. The Morgan fingerprint density at radius 1 is 1.22 bits per heavy atom. The van der Waals surface area contributed by atoms with Crippen molar-refractivity contribution >= 4 is 34.6 Å². The number of aryl methyl sites for hydroxylation is 1. The number of hydrogen-bond acceptors (Lipinski definition) is 4. The zero-order chi connectivity index (χ0) is 19.2. The molecule has 2 atom stereocenters. The Morgan fingerprint density at radius 3 is 2.67 bits per heavy atom. The first-order valence-electron chi connectivity index (χ1n) is 9.48. The van der Waals surface area contributed by atoms with E-state index in [9.17, 15) is 4.79 Å². The van der Waals surface area contributed by atoms with Crippen molar-refractivity contribution in [2.24, 2.45) is 5.92 Å². The van der Waals surface area contributed by atoms with Crippen LogP contribution in [0.5, 0.6) is 0 Å². The number of thiazole rings is 1. The molecule has 3 rings (SSSR count). The first-order chi connectivity index (χ1) is 13.1. The number of nitrogens with one attached hydrogen (secondary N) is 3. The largest absolute Gasteiger partial charge is 0.358 e. The summed E-state index contributed by atoms with van der Waals surface area (Å²) in [6.45, 7) is 4.37. The summed E-state index contributed by atoms with van der Waals surface area (Å²) in [5.74, 6) is 0.304. The molecule has 1 aliphatic rings. The van der Waals surface area contributed by atoms with Crippen molar-refractivity contribution in [2.75, 3.05) is 0 Å². The summed E-state index contributed by atoms with van der Waals surface area (Å²) in [7, 11) is 0. The molecule has 1 heterocycles. The Kier molecular flexibility index (Phi) is 6.79. The highest BCUT2D eigenvalue weighted by Crippen LogP contribution is 2.24. The molecule has 1 fully saturated rings. The van der Waals surface area contributed by atoms with E-state index in [1.165, 1.54) is 36.2 Å². The first-order valence-corrected chi connectivity index (χ1v) is 10.8. The number of hydrazine groups is 1. The van der Waals surface area contributed by atoms with Gasteiger partial charge in [0.05, 0.1) is 0 Å². The van der Waals surface area contributed by atoms with Crippen molar-refractivity contribution in [1.82, 2.24) is 21.2 Å². The number of nitrogens with zero attached hydrogens (tertiary/aromatic N) is 1. The van der Waals surface area contributed by atoms with E-state index in [-0.39, 0.29) is 5.91 Å². The van der Waals surface area contributed by atoms with E-state index >= 15 is 0 Å². The molecule has 7 heteroatoms. The summed E-state index contributed by atoms with van der Waals surface area (Å²) in [4.78, 5) is 16.8. The Balaban J connectivity index is 1.52. The van der Waals surface area contributed by atoms with Crippen LogP contribution in [0.25, 0.3) is 10.6 Å². The zero-order valence-corrected chi connectivity index (χ0v) is 17.4. The van der Waals surface area contributed by atoms with Crippen LogP contribution in [-0.2, 0) is 6.42 Å². The first kappa shape index (κ1) is 19.8. The predicted molar refractivity (Wildman–Crippen MR) is 115 cm³/mol. The summed E-state index contributed by atoms with van der Waals surface area (Å²) in [6.07, 6.45) is 5.84. The van der Waals surface area contributed by atoms with E-state index < -0.39 is 0 Å². The molecule has 27 heavy (non-hydrogen) atoms. The van der Waals surface area contributed by atoms with Crippen molar-refractivity contribution in [2.45, 2.75) is 52.0 Å². The van der Waals surface area contributed by atoms with Gasteiger partial charge in [0.2, 0.25) is 0 Å². The number of thiocarbonyl (C=S) groups is 1. The maximum absolute atomic E-state index is 12.3. The molecule has 1 amide bonds. The third-order valence-corrected chi connectivity index (χ3v) is 6.17. The minimum absolute atomic E-state index is 0.288. The summed E-state index contributed by atoms with van der Waals surface area (Å²) in [5, 5.41) is 6.35. The van der Waals surface area contributed by atoms with Gasteiger partial charge in [-0.1, -0.05) is 51.0 Å². The molecule has 1 saturated carbocycles. The van der Waals surface area contributed by atoms with E-state index in [1.807, 2.05) is 12.1 Å². The van der Waals surface area contributed by atoms with Gasteiger partial charge in [-0.05, 0) is 43.0 Å². The molecule has 0 saturated heterocycles. The zero-order valence-electron chi connectivity index (χ0n) is 15.7. The quantitative estimate of drug-likeness (QED) is 0.532. The molecular formula is C20H26N4OS2. The van der Waals surface area contributed by atoms with Crippen LogP contribution in [0.3, 0.4) is 0 Å². The second-order valence-electron chi connectivity index (χ2n) is 7.01. The summed E-state index contributed by atoms with van der Waals surface area (Å²) in [5.41, 5.74) is 8.13. The van der Waals surface area contributed by atoms with Gasteiger partial charge in [0.1, 0.15) is 10.7 Å². The molecule has 0 radical (unpaired) electrons. The molecule has 144 valence electrons. The van der Waals surface area contributed by atoms with Crippen LogP contribution >= 0.6 is 23.6 Å². The molecular weight excluding hydrogens is 376 g/mol. The predicted octanol–water partition coefficient (Wildman–Crippen LogP) is 4.06. The Hall–Kier alpha value is -1.99. The van der Waals surface area contributed by atoms with Gasteiger partial charge in [0.25, 0.3) is 5.91 Å². The van der Waals surface area contributed by atoms with Gasteiger partial charge in [0, 0.05) is 17.0 Å². The fourth-order valence-electron chi connectivity index (χ4n) is 3.31. The van der Waals surface area contributed by atoms with Gasteiger partial charge in [-0.15, -0.1) is 11.3 Å². The molecule has 0 spiro atoms. The fraction of sp³-hybridized carbons (Fsp3) is 0.450. The lowest BCUT2D eigenvalue weighted by Crippen LogP contribution is -2.51. The van der Waals surface area contributed by atoms with Gasteiger partial charge in [-0.25, -0.2) is 4.98 Å². The molecule has 2 aromatic rings. The molecule has 3 N–H and O–H groups in total. The van der Waals surface area contributed by atoms with E-state index in [0.717, 1.165) is 23.4 Å². The Labute approximate surface area is 169 Å². The molecule has 5 nitrogen and oxygen atoms in total. The fourth-order valence-corrected chi connectivity index (χ4v) is 4.31. The van der Waals surface area contributed by atoms with Gasteiger partial charge >= 0.3 is 0 Å². The van der Waals surface area contributed by atoms with Crippen LogP contribution < -0.4 is 16.2 Å². The van der Waals surface area contributed by atoms with Crippen LogP contribution in [-0.4, -0.2) is 22.0 Å². The average molecular weight is 403 g/mol. The van der Waals surface area contributed by atoms with Crippen LogP contribution in [0, 0.1) is 5.92 Å². The highest BCUT2D eigenvalue weighted by atomic mass is 32.1. The average Bonchev–Trinajstić information content (AvgIpc) is 3.18. The second kappa shape index (κ2) is 9.28. The van der Waals surface area contributed by atoms with Gasteiger partial charge in [-0.3, -0.25) is 15.6 Å². The van der Waals surface area contributed by atoms with E-state index in [2.05, 4.69) is 47.1 Å². The smallest absolute Gasteiger partial charge is 0.289 e. The third-order valence-electron chi connectivity index (χ3n) is 5.06. The SMILES string of the molecule is CCc1ccc(-c2nc(C(=O)NNC(=S)N[C@H]3CCCC[C@H]3C)cs2)cc1. The van der Waals surface area contributed by atoms with E-state index in [1.54, 1.807) is 5.38 Å². The third kappa shape index (κ3) is 5.26. The number of aromatic nitrogens is 1. The van der Waals surface area contributed by atoms with Gasteiger partial charge in [0.15, 0.2) is 5.11 Å². The van der Waals surface area contributed by atoms with Gasteiger partial charge in [-0.2, -0.15) is 0 Å². The molecule has 0 unspecified atom stereocenters. The molecule has 1 aromatic heterocycles. The van der Waals surface area contributed by atoms with E-state index in [4.69, 9.17) is 12.2 Å². The number of benzene rings is 1. The summed E-state index contributed by atoms with van der Waals surface area (Å²) < 4.78 is 0. The lowest BCUT2D eigenvalue weighted by Gasteiger charge is -2.30. The van der Waals surface area contributed by atoms with Crippen LogP contribution in [0.2, 0.25) is 0 Å². The number of carbonyl (C=O) groups excluding carboxylic acids is 1. The summed E-state index contributed by atoms with van der Waals surface area (Å²) in [6, 6.07) is 8.64. The number of hydrogen-bond donors (Lipinski definition) is 3. The lowest BCUT2D eigenvalue weighted by atomic mass is 9.86. The maximum Gasteiger partial charge on any atom is 0.289 e. The topological polar surface area (TPSA) is 66.0 Å². The molecule has 1 aliphatic carbocycles. The van der Waals surface area contributed by atoms with Crippen molar-refractivity contribution < 1.29 is 4.79 Å². The van der Waals surface area contributed by atoms with Crippen LogP contribution in [0.15, 0.2) is 29.6 Å². The standard InChI is InChI=1S/C20H26N4OS2/c1-3-14-8-10-15(11-9-14)19-21-17(12-27-19)18(25)23-24-20(26)22-16-7-5-4-6-13(16)2/h8-13,16H,3-7H2,1-2H3,(H,23,25)(H2,22,24,26)/t13-,16+/m1/s1. The van der Waals surface area contributed by atoms with Crippen LogP contribution in [0.1, 0.15) is 55.6 Å². The van der Waals surface area contributed by atoms with Gasteiger partial charge < -0.3 is 5.32 Å². The van der Waals surface area contributed by atoms with Crippen LogP contribution in [0.4, 0.5) is 0 Å². The monoisotopic (exact) mass is 402 g/mol. The lowest BCUT2D eigenvalue weighted by molar-refractivity contribution is 0.0939. The highest BCUT2D eigenvalue weighted by molar-refractivity contribution is 7.80. The van der Waals surface area contributed by atoms with Crippen molar-refractivity contribution in [1.29, 1.82) is 0 Å². The second-order valence-corrected chi connectivity index (χ2v) is 8.28. The van der Waals surface area contributed by atoms with Crippen molar-refractivity contribution in [3.8, 4) is 10.6 Å². The molecule has 0 aliphatic heterocycles. The number of carbonyl (C=O) groups is 1. The minimum atomic E-state index is -0.288. The Bertz CT molecular complexity index is 788. The summed E-state index contributed by atoms with van der Waals surface area (Å²) >= 11 is 6.77. The minimum Gasteiger partial charge on any atom is -0.358 e. The molecule has 0 bridgehead atoms. The van der Waals surface area contributed by atoms with Crippen molar-refractivity contribution in [3.63, 3.8) is 0 Å². The maximum atomic E-state index is 12.3. The van der Waals surface area contributed by atoms with Crippen molar-refractivity contribution in [3.05, 3.63) is 40.9 Å². The highest BCUT2D eigenvalue weighted by Gasteiger charge is 2.22.